The van der Waals surface area contributed by atoms with E-state index in [2.05, 4.69) is 15.5 Å². The minimum Gasteiger partial charge on any atom is -0.497 e. The Morgan fingerprint density at radius 1 is 1.29 bits per heavy atom. The Balaban J connectivity index is 1.48. The molecule has 3 aromatic rings. The van der Waals surface area contributed by atoms with Crippen molar-refractivity contribution >= 4 is 27.5 Å². The molecule has 1 saturated heterocycles. The van der Waals surface area contributed by atoms with Gasteiger partial charge in [0.25, 0.3) is 0 Å². The zero-order valence-electron chi connectivity index (χ0n) is 18.8. The lowest BCUT2D eigenvalue weighted by atomic mass is 9.99. The fourth-order valence-electron chi connectivity index (χ4n) is 3.89. The number of piperidine rings is 1. The van der Waals surface area contributed by atoms with Gasteiger partial charge in [0.1, 0.15) is 10.6 Å². The average Bonchev–Trinajstić information content (AvgIpc) is 3.29. The first-order valence-corrected chi connectivity index (χ1v) is 12.6. The summed E-state index contributed by atoms with van der Waals surface area (Å²) in [4.78, 5) is 16.9. The number of methoxy groups -OCH3 is 1. The third kappa shape index (κ3) is 5.24. The van der Waals surface area contributed by atoms with Crippen molar-refractivity contribution in [1.82, 2.24) is 19.8 Å². The second kappa shape index (κ2) is 10.1. The van der Waals surface area contributed by atoms with Crippen molar-refractivity contribution in [3.63, 3.8) is 0 Å². The summed E-state index contributed by atoms with van der Waals surface area (Å²) >= 11 is 6.27. The minimum absolute atomic E-state index is 0.0495. The largest absolute Gasteiger partial charge is 0.497 e. The first-order chi connectivity index (χ1) is 16.3. The van der Waals surface area contributed by atoms with Crippen molar-refractivity contribution in [2.75, 3.05) is 20.2 Å². The molecular formula is C23H25ClN4O5S. The van der Waals surface area contributed by atoms with Crippen LogP contribution >= 0.6 is 11.6 Å². The van der Waals surface area contributed by atoms with Gasteiger partial charge in [0, 0.05) is 32.1 Å². The van der Waals surface area contributed by atoms with Gasteiger partial charge in [-0.25, -0.2) is 8.42 Å². The second-order valence-electron chi connectivity index (χ2n) is 8.05. The summed E-state index contributed by atoms with van der Waals surface area (Å²) in [7, 11) is -2.36. The number of amides is 1. The molecule has 34 heavy (non-hydrogen) atoms. The van der Waals surface area contributed by atoms with E-state index in [0.717, 1.165) is 5.56 Å². The molecule has 0 spiro atoms. The maximum Gasteiger partial charge on any atom is 0.244 e. The lowest BCUT2D eigenvalue weighted by Gasteiger charge is -2.31. The highest BCUT2D eigenvalue weighted by Crippen LogP contribution is 2.31. The van der Waals surface area contributed by atoms with Gasteiger partial charge in [0.05, 0.1) is 18.1 Å². The number of aryl methyl sites for hydroxylation is 1. The van der Waals surface area contributed by atoms with Crippen molar-refractivity contribution < 1.29 is 22.5 Å². The number of ether oxygens (including phenoxy) is 1. The molecule has 2 heterocycles. The molecule has 0 radical (unpaired) electrons. The van der Waals surface area contributed by atoms with Crippen LogP contribution in [0.25, 0.3) is 11.4 Å². The fraction of sp³-hybridized carbons (Fsp3) is 0.348. The molecular weight excluding hydrogens is 480 g/mol. The number of sulfonamides is 1. The standard InChI is InChI=1S/C23H25ClN4O5S/c1-15-26-22(27-33-15)17-8-9-20(24)21(12-17)34(30,31)28-10-4-6-18(14-28)23(29)25-13-16-5-3-7-19(11-16)32-2/h3,5,7-9,11-12,18H,4,6,10,13-14H2,1-2H3,(H,25,29)/t18-/m0/s1. The number of nitrogens with one attached hydrogen (secondary N) is 1. The Morgan fingerprint density at radius 2 is 2.12 bits per heavy atom. The zero-order valence-corrected chi connectivity index (χ0v) is 20.4. The van der Waals surface area contributed by atoms with Crippen molar-refractivity contribution in [2.24, 2.45) is 5.92 Å². The summed E-state index contributed by atoms with van der Waals surface area (Å²) in [6.45, 7) is 2.37. The van der Waals surface area contributed by atoms with Gasteiger partial charge in [-0.3, -0.25) is 4.79 Å². The first-order valence-electron chi connectivity index (χ1n) is 10.8. The van der Waals surface area contributed by atoms with Gasteiger partial charge in [0.15, 0.2) is 0 Å². The van der Waals surface area contributed by atoms with Gasteiger partial charge >= 0.3 is 0 Å². The monoisotopic (exact) mass is 504 g/mol. The third-order valence-electron chi connectivity index (χ3n) is 5.69. The number of hydrogen-bond donors (Lipinski definition) is 1. The van der Waals surface area contributed by atoms with Crippen LogP contribution in [0.15, 0.2) is 51.9 Å². The smallest absolute Gasteiger partial charge is 0.244 e. The van der Waals surface area contributed by atoms with Crippen LogP contribution in [0.4, 0.5) is 0 Å². The van der Waals surface area contributed by atoms with Crippen molar-refractivity contribution in [2.45, 2.75) is 31.2 Å². The quantitative estimate of drug-likeness (QED) is 0.524. The third-order valence-corrected chi connectivity index (χ3v) is 8.04. The zero-order chi connectivity index (χ0) is 24.3. The summed E-state index contributed by atoms with van der Waals surface area (Å²) < 4.78 is 38.4. The average molecular weight is 505 g/mol. The Kier molecular flexibility index (Phi) is 7.20. The summed E-state index contributed by atoms with van der Waals surface area (Å²) in [5.74, 6) is 0.699. The predicted octanol–water partition coefficient (Wildman–Crippen LogP) is 3.42. The maximum absolute atomic E-state index is 13.4. The minimum atomic E-state index is -3.94. The van der Waals surface area contributed by atoms with Crippen LogP contribution in [0, 0.1) is 12.8 Å². The van der Waals surface area contributed by atoms with Crippen molar-refractivity contribution in [3.8, 4) is 17.1 Å². The number of carbonyl (C=O) groups excluding carboxylic acids is 1. The van der Waals surface area contributed by atoms with Crippen LogP contribution in [0.3, 0.4) is 0 Å². The molecule has 2 aromatic carbocycles. The van der Waals surface area contributed by atoms with E-state index < -0.39 is 15.9 Å². The normalized spacial score (nSPS) is 16.9. The van der Waals surface area contributed by atoms with Crippen LogP contribution in [-0.2, 0) is 21.4 Å². The van der Waals surface area contributed by atoms with Gasteiger partial charge in [0.2, 0.25) is 27.6 Å². The molecule has 1 aliphatic heterocycles. The van der Waals surface area contributed by atoms with E-state index in [1.54, 1.807) is 20.1 Å². The van der Waals surface area contributed by atoms with Gasteiger partial charge < -0.3 is 14.6 Å². The lowest BCUT2D eigenvalue weighted by molar-refractivity contribution is -0.126. The molecule has 1 amide bonds. The van der Waals surface area contributed by atoms with Crippen LogP contribution < -0.4 is 10.1 Å². The van der Waals surface area contributed by atoms with Crippen LogP contribution in [0.1, 0.15) is 24.3 Å². The van der Waals surface area contributed by atoms with Gasteiger partial charge in [-0.1, -0.05) is 28.9 Å². The summed E-state index contributed by atoms with van der Waals surface area (Å²) in [6, 6.07) is 12.0. The Hall–Kier alpha value is -2.95. The van der Waals surface area contributed by atoms with E-state index in [4.69, 9.17) is 20.9 Å². The second-order valence-corrected chi connectivity index (χ2v) is 10.4. The van der Waals surface area contributed by atoms with E-state index in [-0.39, 0.29) is 28.2 Å². The highest BCUT2D eigenvalue weighted by molar-refractivity contribution is 7.89. The van der Waals surface area contributed by atoms with Crippen LogP contribution in [0.5, 0.6) is 5.75 Å². The molecule has 11 heteroatoms. The molecule has 1 atom stereocenters. The molecule has 1 aromatic heterocycles. The van der Waals surface area contributed by atoms with E-state index >= 15 is 0 Å². The van der Waals surface area contributed by atoms with Crippen molar-refractivity contribution in [3.05, 3.63) is 58.9 Å². The van der Waals surface area contributed by atoms with E-state index in [1.165, 1.54) is 16.4 Å². The van der Waals surface area contributed by atoms with E-state index in [0.29, 0.717) is 43.1 Å². The number of hydrogen-bond acceptors (Lipinski definition) is 7. The molecule has 1 N–H and O–H groups in total. The first kappa shape index (κ1) is 24.2. The fourth-order valence-corrected chi connectivity index (χ4v) is 5.91. The Morgan fingerprint density at radius 3 is 2.85 bits per heavy atom. The Labute approximate surface area is 203 Å². The SMILES string of the molecule is COc1cccc(CNC(=O)[C@H]2CCCN(S(=O)(=O)c3cc(-c4noc(C)n4)ccc3Cl)C2)c1. The number of carbonyl (C=O) groups is 1. The predicted molar refractivity (Wildman–Crippen MR) is 126 cm³/mol. The molecule has 9 nitrogen and oxygen atoms in total. The molecule has 1 fully saturated rings. The summed E-state index contributed by atoms with van der Waals surface area (Å²) in [5, 5.41) is 6.84. The lowest BCUT2D eigenvalue weighted by Crippen LogP contribution is -2.45. The molecule has 0 bridgehead atoms. The number of benzene rings is 2. The number of halogens is 1. The van der Waals surface area contributed by atoms with E-state index in [1.807, 2.05) is 24.3 Å². The van der Waals surface area contributed by atoms with Crippen molar-refractivity contribution in [1.29, 1.82) is 0 Å². The Bertz CT molecular complexity index is 1290. The summed E-state index contributed by atoms with van der Waals surface area (Å²) in [5.41, 5.74) is 1.37. The molecule has 180 valence electrons. The summed E-state index contributed by atoms with van der Waals surface area (Å²) in [6.07, 6.45) is 1.17. The molecule has 4 rings (SSSR count). The van der Waals surface area contributed by atoms with Gasteiger partial charge in [-0.05, 0) is 48.7 Å². The van der Waals surface area contributed by atoms with Gasteiger partial charge in [-0.15, -0.1) is 0 Å². The molecule has 0 aliphatic carbocycles. The number of aromatic nitrogens is 2. The van der Waals surface area contributed by atoms with Crippen LogP contribution in [-0.4, -0.2) is 49.0 Å². The molecule has 0 saturated carbocycles. The maximum atomic E-state index is 13.4. The van der Waals surface area contributed by atoms with E-state index in [9.17, 15) is 13.2 Å². The van der Waals surface area contributed by atoms with Gasteiger partial charge in [-0.2, -0.15) is 9.29 Å². The van der Waals surface area contributed by atoms with Crippen LogP contribution in [0.2, 0.25) is 5.02 Å². The highest BCUT2D eigenvalue weighted by Gasteiger charge is 2.34. The highest BCUT2D eigenvalue weighted by atomic mass is 35.5. The topological polar surface area (TPSA) is 115 Å². The molecule has 1 aliphatic rings. The molecule has 0 unspecified atom stereocenters. The number of nitrogens with zero attached hydrogens (tertiary/aromatic N) is 3. The number of rotatable bonds is 7.